The zero-order valence-corrected chi connectivity index (χ0v) is 18.0. The highest BCUT2D eigenvalue weighted by Gasteiger charge is 2.27. The number of benzene rings is 2. The molecule has 0 atom stereocenters. The zero-order valence-electron chi connectivity index (χ0n) is 18.0. The number of aromatic nitrogens is 6. The number of ether oxygens (including phenoxy) is 1. The molecule has 1 aliphatic heterocycles. The third kappa shape index (κ3) is 3.20. The van der Waals surface area contributed by atoms with Crippen molar-refractivity contribution in [3.8, 4) is 34.3 Å². The van der Waals surface area contributed by atoms with E-state index < -0.39 is 0 Å². The minimum absolute atomic E-state index is 0.252. The fourth-order valence-electron chi connectivity index (χ4n) is 4.25. The van der Waals surface area contributed by atoms with E-state index in [0.29, 0.717) is 35.9 Å². The van der Waals surface area contributed by atoms with Crippen LogP contribution in [-0.2, 0) is 13.0 Å². The van der Waals surface area contributed by atoms with Crippen LogP contribution >= 0.6 is 0 Å². The Morgan fingerprint density at radius 3 is 2.82 bits per heavy atom. The van der Waals surface area contributed by atoms with Crippen LogP contribution in [0.5, 0.6) is 5.75 Å². The van der Waals surface area contributed by atoms with Gasteiger partial charge in [-0.1, -0.05) is 23.4 Å². The molecule has 164 valence electrons. The molecule has 0 N–H and O–H groups in total. The zero-order chi connectivity index (χ0) is 22.5. The van der Waals surface area contributed by atoms with Crippen LogP contribution in [0.1, 0.15) is 22.6 Å². The minimum atomic E-state index is -0.252. The van der Waals surface area contributed by atoms with Crippen LogP contribution in [0.4, 0.5) is 4.39 Å². The third-order valence-electron chi connectivity index (χ3n) is 5.80. The minimum Gasteiger partial charge on any atom is -0.497 e. The Kier molecular flexibility index (Phi) is 4.36. The summed E-state index contributed by atoms with van der Waals surface area (Å²) in [7, 11) is 1.63. The smallest absolute Gasteiger partial charge is 0.278 e. The van der Waals surface area contributed by atoms with Gasteiger partial charge in [0.15, 0.2) is 11.5 Å². The molecular weight excluding hydrogens is 423 g/mol. The van der Waals surface area contributed by atoms with Gasteiger partial charge in [-0.3, -0.25) is 4.68 Å². The van der Waals surface area contributed by atoms with E-state index in [-0.39, 0.29) is 5.82 Å². The summed E-state index contributed by atoms with van der Waals surface area (Å²) in [5.74, 6) is 1.39. The first-order chi connectivity index (χ1) is 16.1. The average Bonchev–Trinajstić information content (AvgIpc) is 3.52. The van der Waals surface area contributed by atoms with Gasteiger partial charge in [0.1, 0.15) is 17.9 Å². The molecule has 1 aliphatic rings. The van der Waals surface area contributed by atoms with Crippen LogP contribution < -0.4 is 4.74 Å². The van der Waals surface area contributed by atoms with E-state index in [1.165, 1.54) is 6.07 Å². The lowest BCUT2D eigenvalue weighted by molar-refractivity contribution is 0.415. The summed E-state index contributed by atoms with van der Waals surface area (Å²) >= 11 is 0. The molecule has 33 heavy (non-hydrogen) atoms. The largest absolute Gasteiger partial charge is 0.497 e. The van der Waals surface area contributed by atoms with Crippen LogP contribution in [0, 0.1) is 12.7 Å². The Bertz CT molecular complexity index is 1500. The quantitative estimate of drug-likeness (QED) is 0.407. The molecule has 4 heterocycles. The van der Waals surface area contributed by atoms with Crippen LogP contribution in [0.2, 0.25) is 0 Å². The van der Waals surface area contributed by atoms with Gasteiger partial charge in [-0.05, 0) is 31.2 Å². The van der Waals surface area contributed by atoms with Crippen molar-refractivity contribution in [1.29, 1.82) is 0 Å². The van der Waals surface area contributed by atoms with Gasteiger partial charge < -0.3 is 13.8 Å². The van der Waals surface area contributed by atoms with Gasteiger partial charge in [-0.25, -0.2) is 9.37 Å². The van der Waals surface area contributed by atoms with Crippen LogP contribution in [0.15, 0.2) is 59.5 Å². The number of halogens is 1. The Labute approximate surface area is 188 Å². The molecular formula is C24H19FN6O2. The SMILES string of the molecule is COc1ccc2c(c1)-c1nn(Cc3ccccc3F)cc1Cc1c(-c3nc(C)no3)ncn1-2. The normalized spacial score (nSPS) is 12.1. The molecule has 0 saturated carbocycles. The number of methoxy groups -OCH3 is 1. The maximum atomic E-state index is 14.3. The maximum Gasteiger partial charge on any atom is 0.278 e. The third-order valence-corrected chi connectivity index (χ3v) is 5.80. The monoisotopic (exact) mass is 442 g/mol. The van der Waals surface area contributed by atoms with E-state index in [2.05, 4.69) is 15.1 Å². The van der Waals surface area contributed by atoms with E-state index in [0.717, 1.165) is 34.0 Å². The highest BCUT2D eigenvalue weighted by Crippen LogP contribution is 2.39. The summed E-state index contributed by atoms with van der Waals surface area (Å²) in [6, 6.07) is 12.6. The number of fused-ring (bicyclic) bond motifs is 5. The summed E-state index contributed by atoms with van der Waals surface area (Å²) < 4.78 is 28.9. The number of aryl methyl sites for hydroxylation is 1. The molecule has 3 aromatic heterocycles. The van der Waals surface area contributed by atoms with Crippen molar-refractivity contribution in [2.75, 3.05) is 7.11 Å². The lowest BCUT2D eigenvalue weighted by atomic mass is 10.0. The summed E-state index contributed by atoms with van der Waals surface area (Å²) in [4.78, 5) is 8.95. The highest BCUT2D eigenvalue weighted by atomic mass is 19.1. The van der Waals surface area contributed by atoms with Crippen molar-refractivity contribution in [3.63, 3.8) is 0 Å². The molecule has 0 unspecified atom stereocenters. The molecule has 9 heteroatoms. The Hall–Kier alpha value is -4.27. The van der Waals surface area contributed by atoms with E-state index in [1.807, 2.05) is 35.0 Å². The topological polar surface area (TPSA) is 83.8 Å². The van der Waals surface area contributed by atoms with Crippen molar-refractivity contribution < 1.29 is 13.7 Å². The first-order valence-electron chi connectivity index (χ1n) is 10.5. The van der Waals surface area contributed by atoms with Gasteiger partial charge in [-0.15, -0.1) is 0 Å². The van der Waals surface area contributed by atoms with Gasteiger partial charge in [0, 0.05) is 29.3 Å². The van der Waals surface area contributed by atoms with Gasteiger partial charge in [0.05, 0.1) is 30.7 Å². The average molecular weight is 442 g/mol. The molecule has 2 aromatic carbocycles. The van der Waals surface area contributed by atoms with Gasteiger partial charge in [0.25, 0.3) is 5.89 Å². The number of hydrogen-bond donors (Lipinski definition) is 0. The molecule has 0 spiro atoms. The lowest BCUT2D eigenvalue weighted by Gasteiger charge is -2.11. The molecule has 8 nitrogen and oxygen atoms in total. The second-order valence-corrected chi connectivity index (χ2v) is 7.91. The lowest BCUT2D eigenvalue weighted by Crippen LogP contribution is -2.04. The number of hydrogen-bond acceptors (Lipinski definition) is 6. The molecule has 0 aliphatic carbocycles. The number of imidazole rings is 1. The first kappa shape index (κ1) is 19.4. The predicted octanol–water partition coefficient (Wildman–Crippen LogP) is 4.19. The number of nitrogens with zero attached hydrogens (tertiary/aromatic N) is 6. The van der Waals surface area contributed by atoms with Gasteiger partial charge in [-0.2, -0.15) is 10.1 Å². The number of rotatable bonds is 4. The van der Waals surface area contributed by atoms with Gasteiger partial charge in [0.2, 0.25) is 0 Å². The Morgan fingerprint density at radius 2 is 2.03 bits per heavy atom. The van der Waals surface area contributed by atoms with Crippen molar-refractivity contribution in [1.82, 2.24) is 29.5 Å². The molecule has 0 fully saturated rings. The summed E-state index contributed by atoms with van der Waals surface area (Å²) in [5.41, 5.74) is 5.74. The second kappa shape index (κ2) is 7.40. The fourth-order valence-corrected chi connectivity index (χ4v) is 4.25. The highest BCUT2D eigenvalue weighted by molar-refractivity contribution is 5.77. The van der Waals surface area contributed by atoms with Gasteiger partial charge >= 0.3 is 0 Å². The standard InChI is InChI=1S/C24H19FN6O2/c1-14-27-24(33-29-14)23-21-9-16-12-30(11-15-5-3-4-6-19(15)25)28-22(16)18-10-17(32-2)7-8-20(18)31(21)13-26-23/h3-8,10,12-13H,9,11H2,1-2H3. The molecule has 0 amide bonds. The van der Waals surface area contributed by atoms with E-state index in [4.69, 9.17) is 14.4 Å². The van der Waals surface area contributed by atoms with Crippen molar-refractivity contribution >= 4 is 0 Å². The molecule has 0 saturated heterocycles. The fraction of sp³-hybridized carbons (Fsp3) is 0.167. The molecule has 0 bridgehead atoms. The summed E-state index contributed by atoms with van der Waals surface area (Å²) in [6.07, 6.45) is 4.26. The van der Waals surface area contributed by atoms with E-state index in [9.17, 15) is 4.39 Å². The molecule has 6 rings (SSSR count). The molecule has 0 radical (unpaired) electrons. The molecule has 5 aromatic rings. The van der Waals surface area contributed by atoms with E-state index >= 15 is 0 Å². The van der Waals surface area contributed by atoms with Crippen molar-refractivity contribution in [2.24, 2.45) is 0 Å². The second-order valence-electron chi connectivity index (χ2n) is 7.91. The predicted molar refractivity (Wildman–Crippen MR) is 118 cm³/mol. The van der Waals surface area contributed by atoms with Crippen molar-refractivity contribution in [3.05, 3.63) is 83.5 Å². The van der Waals surface area contributed by atoms with Crippen LogP contribution in [0.25, 0.3) is 28.5 Å². The van der Waals surface area contributed by atoms with Crippen LogP contribution in [0.3, 0.4) is 0 Å². The first-order valence-corrected chi connectivity index (χ1v) is 10.5. The van der Waals surface area contributed by atoms with E-state index in [1.54, 1.807) is 37.2 Å². The summed E-state index contributed by atoms with van der Waals surface area (Å²) in [5, 5.41) is 8.75. The Balaban J connectivity index is 1.52. The maximum absolute atomic E-state index is 14.3. The van der Waals surface area contributed by atoms with Crippen molar-refractivity contribution in [2.45, 2.75) is 19.9 Å². The summed E-state index contributed by atoms with van der Waals surface area (Å²) in [6.45, 7) is 2.10. The van der Waals surface area contributed by atoms with Crippen LogP contribution in [-0.4, -0.2) is 36.6 Å². The Morgan fingerprint density at radius 1 is 1.15 bits per heavy atom.